The summed E-state index contributed by atoms with van der Waals surface area (Å²) in [6.07, 6.45) is 2.93. The average Bonchev–Trinajstić information content (AvgIpc) is 3.03. The van der Waals surface area contributed by atoms with Gasteiger partial charge in [-0.25, -0.2) is 9.18 Å². The predicted molar refractivity (Wildman–Crippen MR) is 56.1 cm³/mol. The van der Waals surface area contributed by atoms with Crippen molar-refractivity contribution in [2.45, 2.75) is 25.0 Å². The fourth-order valence-electron chi connectivity index (χ4n) is 1.85. The number of methoxy groups -OCH3 is 1. The fraction of sp³-hybridized carbons (Fsp3) is 0.417. The number of hydrogen-bond acceptors (Lipinski definition) is 3. The third-order valence-electron chi connectivity index (χ3n) is 2.86. The molecule has 0 atom stereocenters. The Morgan fingerprint density at radius 3 is 2.88 bits per heavy atom. The molecule has 0 aliphatic heterocycles. The number of rotatable bonds is 4. The van der Waals surface area contributed by atoms with Crippen molar-refractivity contribution >= 4 is 6.08 Å². The van der Waals surface area contributed by atoms with Gasteiger partial charge >= 0.3 is 0 Å². The second kappa shape index (κ2) is 4.16. The Morgan fingerprint density at radius 1 is 1.56 bits per heavy atom. The molecule has 0 radical (unpaired) electrons. The van der Waals surface area contributed by atoms with Crippen molar-refractivity contribution in [3.05, 3.63) is 35.1 Å². The van der Waals surface area contributed by atoms with Crippen molar-refractivity contribution in [2.24, 2.45) is 4.99 Å². The van der Waals surface area contributed by atoms with Crippen molar-refractivity contribution in [3.63, 3.8) is 0 Å². The Bertz CT molecular complexity index is 448. The Kier molecular flexibility index (Phi) is 2.86. The Hall–Kier alpha value is -1.51. The van der Waals surface area contributed by atoms with Gasteiger partial charge in [-0.15, -0.1) is 0 Å². The van der Waals surface area contributed by atoms with Crippen LogP contribution >= 0.6 is 0 Å². The molecule has 1 aromatic carbocycles. The molecule has 0 bridgehead atoms. The molecule has 1 saturated carbocycles. The standard InChI is InChI=1S/C12H12FNO2/c1-16-7-9-3-2-4-10(11(9)13)12(5-6-12)14-8-15/h2-4H,5-7H2,1H3. The quantitative estimate of drug-likeness (QED) is 0.578. The van der Waals surface area contributed by atoms with Crippen LogP contribution in [-0.2, 0) is 21.7 Å². The van der Waals surface area contributed by atoms with Crippen molar-refractivity contribution in [2.75, 3.05) is 7.11 Å². The maximum Gasteiger partial charge on any atom is 0.235 e. The number of hydrogen-bond donors (Lipinski definition) is 0. The number of nitrogens with zero attached hydrogens (tertiary/aromatic N) is 1. The summed E-state index contributed by atoms with van der Waals surface area (Å²) in [4.78, 5) is 14.0. The largest absolute Gasteiger partial charge is 0.380 e. The number of carbonyl (C=O) groups excluding carboxylic acids is 1. The first-order valence-corrected chi connectivity index (χ1v) is 5.09. The van der Waals surface area contributed by atoms with Crippen LogP contribution in [0, 0.1) is 5.82 Å². The van der Waals surface area contributed by atoms with E-state index in [1.807, 2.05) is 0 Å². The molecule has 0 heterocycles. The average molecular weight is 221 g/mol. The zero-order valence-electron chi connectivity index (χ0n) is 9.00. The van der Waals surface area contributed by atoms with Crippen LogP contribution in [0.4, 0.5) is 4.39 Å². The van der Waals surface area contributed by atoms with E-state index in [0.29, 0.717) is 24.0 Å². The molecular weight excluding hydrogens is 209 g/mol. The molecule has 1 aromatic rings. The maximum atomic E-state index is 14.0. The first kappa shape index (κ1) is 11.0. The summed E-state index contributed by atoms with van der Waals surface area (Å²) < 4.78 is 19.0. The van der Waals surface area contributed by atoms with E-state index in [2.05, 4.69) is 4.99 Å². The van der Waals surface area contributed by atoms with Crippen molar-refractivity contribution in [1.82, 2.24) is 0 Å². The van der Waals surface area contributed by atoms with E-state index in [9.17, 15) is 9.18 Å². The van der Waals surface area contributed by atoms with E-state index in [-0.39, 0.29) is 12.4 Å². The van der Waals surface area contributed by atoms with Gasteiger partial charge in [0.1, 0.15) is 11.4 Å². The van der Waals surface area contributed by atoms with Crippen LogP contribution in [-0.4, -0.2) is 13.2 Å². The van der Waals surface area contributed by atoms with E-state index >= 15 is 0 Å². The summed E-state index contributed by atoms with van der Waals surface area (Å²) in [5.74, 6) is -0.319. The summed E-state index contributed by atoms with van der Waals surface area (Å²) in [6, 6.07) is 5.10. The van der Waals surface area contributed by atoms with Crippen LogP contribution in [0.15, 0.2) is 23.2 Å². The summed E-state index contributed by atoms with van der Waals surface area (Å²) in [7, 11) is 1.52. The van der Waals surface area contributed by atoms with Gasteiger partial charge in [-0.2, -0.15) is 4.99 Å². The zero-order chi connectivity index (χ0) is 11.6. The van der Waals surface area contributed by atoms with E-state index in [0.717, 1.165) is 0 Å². The molecular formula is C12H12FNO2. The lowest BCUT2D eigenvalue weighted by Crippen LogP contribution is -2.08. The van der Waals surface area contributed by atoms with Gasteiger partial charge in [0.05, 0.1) is 6.61 Å². The highest BCUT2D eigenvalue weighted by molar-refractivity contribution is 5.42. The molecule has 0 amide bonds. The Labute approximate surface area is 93.0 Å². The first-order chi connectivity index (χ1) is 7.73. The van der Waals surface area contributed by atoms with Gasteiger partial charge in [-0.05, 0) is 12.8 Å². The van der Waals surface area contributed by atoms with Crippen LogP contribution in [0.3, 0.4) is 0 Å². The lowest BCUT2D eigenvalue weighted by molar-refractivity contribution is 0.181. The summed E-state index contributed by atoms with van der Waals surface area (Å²) in [5, 5.41) is 0. The van der Waals surface area contributed by atoms with Gasteiger partial charge in [0, 0.05) is 18.2 Å². The van der Waals surface area contributed by atoms with Crippen LogP contribution in [0.2, 0.25) is 0 Å². The minimum atomic E-state index is -0.657. The Balaban J connectivity index is 2.42. The van der Waals surface area contributed by atoms with Gasteiger partial charge in [0.25, 0.3) is 0 Å². The molecule has 0 saturated heterocycles. The molecule has 4 heteroatoms. The number of aliphatic imine (C=N–C) groups is 1. The highest BCUT2D eigenvalue weighted by atomic mass is 19.1. The van der Waals surface area contributed by atoms with Crippen molar-refractivity contribution in [3.8, 4) is 0 Å². The normalized spacial score (nSPS) is 16.6. The fourth-order valence-corrected chi connectivity index (χ4v) is 1.85. The van der Waals surface area contributed by atoms with Gasteiger partial charge < -0.3 is 4.74 Å². The van der Waals surface area contributed by atoms with E-state index < -0.39 is 5.54 Å². The smallest absolute Gasteiger partial charge is 0.235 e. The highest BCUT2D eigenvalue weighted by Crippen LogP contribution is 2.50. The summed E-state index contributed by atoms with van der Waals surface area (Å²) in [6.45, 7) is 0.223. The van der Waals surface area contributed by atoms with Crippen LogP contribution in [0.25, 0.3) is 0 Å². The lowest BCUT2D eigenvalue weighted by atomic mass is 10.0. The molecule has 84 valence electrons. The maximum absolute atomic E-state index is 14.0. The molecule has 0 aromatic heterocycles. The second-order valence-corrected chi connectivity index (χ2v) is 3.95. The number of benzene rings is 1. The van der Waals surface area contributed by atoms with Gasteiger partial charge in [0.2, 0.25) is 6.08 Å². The third-order valence-corrected chi connectivity index (χ3v) is 2.86. The minimum Gasteiger partial charge on any atom is -0.380 e. The molecule has 16 heavy (non-hydrogen) atoms. The first-order valence-electron chi connectivity index (χ1n) is 5.09. The van der Waals surface area contributed by atoms with Gasteiger partial charge in [-0.3, -0.25) is 0 Å². The molecule has 1 aliphatic carbocycles. The van der Waals surface area contributed by atoms with Crippen LogP contribution in [0.1, 0.15) is 24.0 Å². The zero-order valence-corrected chi connectivity index (χ0v) is 9.00. The van der Waals surface area contributed by atoms with Gasteiger partial charge in [0.15, 0.2) is 0 Å². The SMILES string of the molecule is COCc1cccc(C2(N=C=O)CC2)c1F. The number of isocyanates is 1. The number of ether oxygens (including phenoxy) is 1. The van der Waals surface area contributed by atoms with E-state index in [4.69, 9.17) is 4.74 Å². The molecule has 1 aliphatic rings. The second-order valence-electron chi connectivity index (χ2n) is 3.95. The summed E-state index contributed by atoms with van der Waals surface area (Å²) in [5.41, 5.74) is 0.313. The van der Waals surface area contributed by atoms with Crippen molar-refractivity contribution in [1.29, 1.82) is 0 Å². The molecule has 2 rings (SSSR count). The third kappa shape index (κ3) is 1.77. The molecule has 1 fully saturated rings. The molecule has 0 unspecified atom stereocenters. The topological polar surface area (TPSA) is 38.7 Å². The molecule has 0 N–H and O–H groups in total. The van der Waals surface area contributed by atoms with Gasteiger partial charge in [-0.1, -0.05) is 18.2 Å². The van der Waals surface area contributed by atoms with Crippen LogP contribution < -0.4 is 0 Å². The molecule has 0 spiro atoms. The van der Waals surface area contributed by atoms with E-state index in [1.54, 1.807) is 18.2 Å². The highest BCUT2D eigenvalue weighted by Gasteiger charge is 2.46. The monoisotopic (exact) mass is 221 g/mol. The lowest BCUT2D eigenvalue weighted by Gasteiger charge is -2.12. The predicted octanol–water partition coefficient (Wildman–Crippen LogP) is 2.30. The van der Waals surface area contributed by atoms with E-state index in [1.165, 1.54) is 13.2 Å². The summed E-state index contributed by atoms with van der Waals surface area (Å²) >= 11 is 0. The Morgan fingerprint density at radius 2 is 2.31 bits per heavy atom. The minimum absolute atomic E-state index is 0.223. The molecule has 3 nitrogen and oxygen atoms in total. The van der Waals surface area contributed by atoms with Crippen molar-refractivity contribution < 1.29 is 13.9 Å². The van der Waals surface area contributed by atoms with Crippen LogP contribution in [0.5, 0.6) is 0 Å². The number of halogens is 1.